The molecule has 1 saturated heterocycles. The molecule has 4 rings (SSSR count). The fourth-order valence-corrected chi connectivity index (χ4v) is 4.40. The molecule has 0 bridgehead atoms. The van der Waals surface area contributed by atoms with E-state index in [1.807, 2.05) is 35.0 Å². The zero-order valence-corrected chi connectivity index (χ0v) is 18.8. The van der Waals surface area contributed by atoms with Gasteiger partial charge in [0.25, 0.3) is 11.1 Å². The van der Waals surface area contributed by atoms with E-state index in [4.69, 9.17) is 16.3 Å². The van der Waals surface area contributed by atoms with Crippen LogP contribution in [0.1, 0.15) is 5.56 Å². The molecule has 1 N–H and O–H groups in total. The van der Waals surface area contributed by atoms with Crippen molar-refractivity contribution in [3.63, 3.8) is 0 Å². The average molecular weight is 470 g/mol. The number of thioether (sulfide) groups is 1. The van der Waals surface area contributed by atoms with E-state index in [-0.39, 0.29) is 17.7 Å². The highest BCUT2D eigenvalue weighted by molar-refractivity contribution is 8.19. The minimum absolute atomic E-state index is 0.129. The number of hydrogen-bond acceptors (Lipinski definition) is 5. The number of amides is 3. The Labute approximate surface area is 194 Å². The van der Waals surface area contributed by atoms with Crippen molar-refractivity contribution in [3.05, 3.63) is 70.2 Å². The highest BCUT2D eigenvalue weighted by Gasteiger charge is 2.36. The predicted octanol–water partition coefficient (Wildman–Crippen LogP) is 4.30. The number of para-hydroxylation sites is 1. The Hall–Kier alpha value is -3.07. The van der Waals surface area contributed by atoms with Crippen LogP contribution in [-0.2, 0) is 20.9 Å². The van der Waals surface area contributed by atoms with Gasteiger partial charge in [0, 0.05) is 41.3 Å². The van der Waals surface area contributed by atoms with Crippen molar-refractivity contribution >= 4 is 63.1 Å². The number of carbonyl (C=O) groups excluding carboxylic acids is 3. The van der Waals surface area contributed by atoms with E-state index in [0.29, 0.717) is 28.8 Å². The summed E-state index contributed by atoms with van der Waals surface area (Å²) in [6.45, 7) is 0.997. The maximum absolute atomic E-state index is 13.0. The molecule has 0 radical (unpaired) electrons. The molecular weight excluding hydrogens is 450 g/mol. The van der Waals surface area contributed by atoms with E-state index < -0.39 is 5.91 Å². The number of imide groups is 1. The monoisotopic (exact) mass is 469 g/mol. The highest BCUT2D eigenvalue weighted by atomic mass is 35.5. The van der Waals surface area contributed by atoms with Gasteiger partial charge in [-0.15, -0.1) is 0 Å². The number of benzene rings is 2. The van der Waals surface area contributed by atoms with Crippen molar-refractivity contribution in [3.8, 4) is 0 Å². The summed E-state index contributed by atoms with van der Waals surface area (Å²) < 4.78 is 6.78. The number of halogens is 1. The Balaban J connectivity index is 1.62. The Bertz CT molecular complexity index is 1220. The average Bonchev–Trinajstić information content (AvgIpc) is 3.26. The third-order valence-corrected chi connectivity index (χ3v) is 6.05. The van der Waals surface area contributed by atoms with Gasteiger partial charge in [0.1, 0.15) is 6.54 Å². The van der Waals surface area contributed by atoms with Crippen LogP contribution in [-0.4, -0.2) is 41.9 Å². The van der Waals surface area contributed by atoms with E-state index in [9.17, 15) is 14.4 Å². The van der Waals surface area contributed by atoms with Gasteiger partial charge in [-0.3, -0.25) is 14.4 Å². The maximum atomic E-state index is 13.0. The second-order valence-electron chi connectivity index (χ2n) is 7.07. The summed E-state index contributed by atoms with van der Waals surface area (Å²) in [6, 6.07) is 14.1. The molecule has 3 aromatic rings. The molecule has 164 valence electrons. The van der Waals surface area contributed by atoms with Crippen molar-refractivity contribution < 1.29 is 19.1 Å². The number of nitrogens with one attached hydrogen (secondary N) is 1. The molecule has 1 aliphatic heterocycles. The molecule has 2 aromatic carbocycles. The Morgan fingerprint density at radius 3 is 2.66 bits per heavy atom. The largest absolute Gasteiger partial charge is 0.383 e. The summed E-state index contributed by atoms with van der Waals surface area (Å²) >= 11 is 6.80. The summed E-state index contributed by atoms with van der Waals surface area (Å²) in [5.41, 5.74) is 2.08. The van der Waals surface area contributed by atoms with Gasteiger partial charge in [0.15, 0.2) is 0 Å². The first kappa shape index (κ1) is 22.1. The molecule has 32 heavy (non-hydrogen) atoms. The lowest BCUT2D eigenvalue weighted by Gasteiger charge is -2.12. The first-order valence-corrected chi connectivity index (χ1v) is 11.0. The molecule has 2 heterocycles. The highest BCUT2D eigenvalue weighted by Crippen LogP contribution is 2.37. The molecule has 0 unspecified atom stereocenters. The number of anilines is 1. The lowest BCUT2D eigenvalue weighted by Crippen LogP contribution is -2.30. The third kappa shape index (κ3) is 4.57. The van der Waals surface area contributed by atoms with Crippen molar-refractivity contribution in [2.24, 2.45) is 0 Å². The number of fused-ring (bicyclic) bond motifs is 1. The second-order valence-corrected chi connectivity index (χ2v) is 8.50. The molecule has 7 nitrogen and oxygen atoms in total. The van der Waals surface area contributed by atoms with Crippen molar-refractivity contribution in [1.29, 1.82) is 0 Å². The minimum Gasteiger partial charge on any atom is -0.383 e. The van der Waals surface area contributed by atoms with Gasteiger partial charge >= 0.3 is 0 Å². The second kappa shape index (κ2) is 9.60. The van der Waals surface area contributed by atoms with Crippen LogP contribution in [0.4, 0.5) is 10.5 Å². The van der Waals surface area contributed by atoms with Gasteiger partial charge in [0.2, 0.25) is 5.91 Å². The minimum atomic E-state index is -0.392. The van der Waals surface area contributed by atoms with E-state index >= 15 is 0 Å². The quantitative estimate of drug-likeness (QED) is 0.412. The van der Waals surface area contributed by atoms with Crippen LogP contribution in [0.2, 0.25) is 5.02 Å². The third-order valence-electron chi connectivity index (χ3n) is 4.93. The van der Waals surface area contributed by atoms with Crippen molar-refractivity contribution in [1.82, 2.24) is 9.88 Å². The lowest BCUT2D eigenvalue weighted by molar-refractivity contribution is -0.121. The van der Waals surface area contributed by atoms with E-state index in [2.05, 4.69) is 5.32 Å². The molecular formula is C23H20ClN3O4S. The number of nitrogens with zero attached hydrogens (tertiary/aromatic N) is 2. The number of aromatic nitrogens is 1. The first-order valence-electron chi connectivity index (χ1n) is 9.85. The molecule has 0 spiro atoms. The fraction of sp³-hybridized carbons (Fsp3) is 0.174. The molecule has 1 aliphatic rings. The maximum Gasteiger partial charge on any atom is 0.298 e. The summed E-state index contributed by atoms with van der Waals surface area (Å²) in [5.74, 6) is -0.533. The van der Waals surface area contributed by atoms with Gasteiger partial charge in [-0.05, 0) is 48.2 Å². The van der Waals surface area contributed by atoms with Crippen molar-refractivity contribution in [2.45, 2.75) is 6.54 Å². The Morgan fingerprint density at radius 1 is 1.16 bits per heavy atom. The van der Waals surface area contributed by atoms with Gasteiger partial charge < -0.3 is 14.6 Å². The number of rotatable bonds is 7. The summed E-state index contributed by atoms with van der Waals surface area (Å²) in [4.78, 5) is 39.2. The van der Waals surface area contributed by atoms with Crippen LogP contribution in [0.3, 0.4) is 0 Å². The van der Waals surface area contributed by atoms with E-state index in [0.717, 1.165) is 33.1 Å². The van der Waals surface area contributed by atoms with Gasteiger partial charge in [-0.25, -0.2) is 4.90 Å². The summed E-state index contributed by atoms with van der Waals surface area (Å²) in [5, 5.41) is 3.84. The first-order chi connectivity index (χ1) is 15.5. The summed E-state index contributed by atoms with van der Waals surface area (Å²) in [7, 11) is 1.58. The van der Waals surface area contributed by atoms with Gasteiger partial charge in [-0.1, -0.05) is 29.8 Å². The normalized spacial score (nSPS) is 15.2. The molecule has 3 amide bonds. The van der Waals surface area contributed by atoms with Crippen LogP contribution >= 0.6 is 23.4 Å². The Kier molecular flexibility index (Phi) is 6.64. The van der Waals surface area contributed by atoms with E-state index in [1.54, 1.807) is 37.5 Å². The Morgan fingerprint density at radius 2 is 1.91 bits per heavy atom. The van der Waals surface area contributed by atoms with E-state index in [1.165, 1.54) is 0 Å². The number of ether oxygens (including phenoxy) is 1. The van der Waals surface area contributed by atoms with Crippen LogP contribution in [0.5, 0.6) is 0 Å². The molecule has 9 heteroatoms. The van der Waals surface area contributed by atoms with Gasteiger partial charge in [0.05, 0.1) is 17.2 Å². The molecule has 0 saturated carbocycles. The predicted molar refractivity (Wildman–Crippen MR) is 127 cm³/mol. The zero-order chi connectivity index (χ0) is 22.7. The van der Waals surface area contributed by atoms with Gasteiger partial charge in [-0.2, -0.15) is 0 Å². The zero-order valence-electron chi connectivity index (χ0n) is 17.2. The standard InChI is InChI=1S/C23H20ClN3O4S/c1-31-11-10-25-21(28)14-26-13-15(18-4-2-3-5-19(18)26)12-20-22(29)27(23(30)32-20)17-8-6-16(24)7-9-17/h2-9,12-13H,10-11,14H2,1H3,(H,25,28)/b20-12-. The number of carbonyl (C=O) groups is 3. The molecule has 0 aliphatic carbocycles. The van der Waals surface area contributed by atoms with Crippen LogP contribution in [0.15, 0.2) is 59.6 Å². The molecule has 1 fully saturated rings. The molecule has 0 atom stereocenters. The van der Waals surface area contributed by atoms with Crippen LogP contribution in [0, 0.1) is 0 Å². The number of methoxy groups -OCH3 is 1. The molecule has 1 aromatic heterocycles. The van der Waals surface area contributed by atoms with Crippen LogP contribution < -0.4 is 10.2 Å². The fourth-order valence-electron chi connectivity index (χ4n) is 3.45. The summed E-state index contributed by atoms with van der Waals surface area (Å²) in [6.07, 6.45) is 3.51. The number of hydrogen-bond donors (Lipinski definition) is 1. The topological polar surface area (TPSA) is 80.6 Å². The smallest absolute Gasteiger partial charge is 0.298 e. The van der Waals surface area contributed by atoms with Crippen molar-refractivity contribution in [2.75, 3.05) is 25.2 Å². The van der Waals surface area contributed by atoms with Crippen LogP contribution in [0.25, 0.3) is 17.0 Å². The SMILES string of the molecule is COCCNC(=O)Cn1cc(/C=C2\SC(=O)N(c3ccc(Cl)cc3)C2=O)c2ccccc21. The lowest BCUT2D eigenvalue weighted by atomic mass is 10.1.